The van der Waals surface area contributed by atoms with Gasteiger partial charge in [0.25, 0.3) is 0 Å². The minimum atomic E-state index is -4.56. The topological polar surface area (TPSA) is 110 Å². The van der Waals surface area contributed by atoms with E-state index in [2.05, 4.69) is 4.18 Å². The monoisotopic (exact) mass is 205 g/mol. The number of nitrogens with two attached hydrogens (primary N) is 1. The molecule has 1 aromatic carbocycles. The summed E-state index contributed by atoms with van der Waals surface area (Å²) in [5.74, 6) is -0.532. The fraction of sp³-hybridized carbons (Fsp3) is 0. The van der Waals surface area contributed by atoms with Gasteiger partial charge >= 0.3 is 10.4 Å². The van der Waals surface area contributed by atoms with Crippen molar-refractivity contribution in [1.82, 2.24) is 0 Å². The first-order valence-electron chi connectivity index (χ1n) is 3.14. The Balaban J connectivity index is 2.99. The molecule has 72 valence electrons. The van der Waals surface area contributed by atoms with Gasteiger partial charge in [-0.25, -0.2) is 0 Å². The Morgan fingerprint density at radius 1 is 1.38 bits per heavy atom. The van der Waals surface area contributed by atoms with E-state index in [-0.39, 0.29) is 17.2 Å². The lowest BCUT2D eigenvalue weighted by molar-refractivity contribution is 0.385. The Morgan fingerprint density at radius 2 is 2.00 bits per heavy atom. The summed E-state index contributed by atoms with van der Waals surface area (Å²) in [4.78, 5) is 0. The number of phenols is 1. The number of nitrogen functional groups attached to an aromatic ring is 1. The van der Waals surface area contributed by atoms with Crippen LogP contribution in [0.4, 0.5) is 5.69 Å². The second-order valence-corrected chi connectivity index (χ2v) is 3.25. The minimum Gasteiger partial charge on any atom is -0.506 e. The molecule has 1 aromatic rings. The molecule has 0 saturated carbocycles. The van der Waals surface area contributed by atoms with E-state index in [4.69, 9.17) is 15.4 Å². The Labute approximate surface area is 74.5 Å². The molecule has 0 unspecified atom stereocenters. The van der Waals surface area contributed by atoms with Crippen LogP contribution in [0, 0.1) is 0 Å². The Kier molecular flexibility index (Phi) is 2.30. The first kappa shape index (κ1) is 9.62. The van der Waals surface area contributed by atoms with E-state index in [1.807, 2.05) is 0 Å². The quantitative estimate of drug-likeness (QED) is 0.360. The zero-order chi connectivity index (χ0) is 10.1. The van der Waals surface area contributed by atoms with Crippen molar-refractivity contribution in [1.29, 1.82) is 0 Å². The molecular formula is C6H7NO5S. The third-order valence-electron chi connectivity index (χ3n) is 1.20. The van der Waals surface area contributed by atoms with Crippen LogP contribution in [0.1, 0.15) is 0 Å². The molecular weight excluding hydrogens is 198 g/mol. The van der Waals surface area contributed by atoms with Crippen LogP contribution in [0.15, 0.2) is 18.2 Å². The van der Waals surface area contributed by atoms with Gasteiger partial charge < -0.3 is 15.0 Å². The van der Waals surface area contributed by atoms with Crippen molar-refractivity contribution in [2.24, 2.45) is 0 Å². The normalized spacial score (nSPS) is 11.2. The smallest absolute Gasteiger partial charge is 0.446 e. The molecule has 0 radical (unpaired) electrons. The summed E-state index contributed by atoms with van der Waals surface area (Å²) in [6.45, 7) is 0. The van der Waals surface area contributed by atoms with E-state index in [0.29, 0.717) is 0 Å². The summed E-state index contributed by atoms with van der Waals surface area (Å²) < 4.78 is 32.8. The molecule has 0 spiro atoms. The summed E-state index contributed by atoms with van der Waals surface area (Å²) in [7, 11) is -4.56. The number of hydrogen-bond acceptors (Lipinski definition) is 5. The molecule has 1 rings (SSSR count). The lowest BCUT2D eigenvalue weighted by Gasteiger charge is -2.02. The fourth-order valence-corrected chi connectivity index (χ4v) is 1.04. The summed E-state index contributed by atoms with van der Waals surface area (Å²) >= 11 is 0. The van der Waals surface area contributed by atoms with Gasteiger partial charge in [0, 0.05) is 6.07 Å². The molecule has 6 nitrogen and oxygen atoms in total. The Morgan fingerprint density at radius 3 is 2.46 bits per heavy atom. The molecule has 0 heterocycles. The first-order chi connectivity index (χ1) is 5.88. The number of benzene rings is 1. The molecule has 4 N–H and O–H groups in total. The molecule has 0 bridgehead atoms. The van der Waals surface area contributed by atoms with Crippen molar-refractivity contribution in [3.63, 3.8) is 0 Å². The van der Waals surface area contributed by atoms with Gasteiger partial charge in [-0.2, -0.15) is 8.42 Å². The molecule has 0 aliphatic rings. The lowest BCUT2D eigenvalue weighted by Crippen LogP contribution is -2.06. The SMILES string of the molecule is Nc1ccc(OS(=O)(=O)O)cc1O. The maximum atomic E-state index is 10.2. The van der Waals surface area contributed by atoms with Gasteiger partial charge in [-0.05, 0) is 12.1 Å². The highest BCUT2D eigenvalue weighted by Gasteiger charge is 2.08. The van der Waals surface area contributed by atoms with Crippen molar-refractivity contribution < 1.29 is 22.3 Å². The summed E-state index contributed by atoms with van der Waals surface area (Å²) in [6, 6.07) is 3.42. The molecule has 0 amide bonds. The molecule has 7 heteroatoms. The van der Waals surface area contributed by atoms with Gasteiger partial charge in [-0.3, -0.25) is 4.55 Å². The first-order valence-corrected chi connectivity index (χ1v) is 4.50. The minimum absolute atomic E-state index is 0.0858. The lowest BCUT2D eigenvalue weighted by atomic mass is 10.3. The number of anilines is 1. The molecule has 0 saturated heterocycles. The fourth-order valence-electron chi connectivity index (χ4n) is 0.697. The standard InChI is InChI=1S/C6H7NO5S/c7-5-2-1-4(3-6(5)8)12-13(9,10)11/h1-3,8H,7H2,(H,9,10,11). The van der Waals surface area contributed by atoms with E-state index in [1.165, 1.54) is 12.1 Å². The van der Waals surface area contributed by atoms with Crippen molar-refractivity contribution in [2.75, 3.05) is 5.73 Å². The molecule has 0 aromatic heterocycles. The average molecular weight is 205 g/mol. The van der Waals surface area contributed by atoms with Gasteiger partial charge in [-0.15, -0.1) is 0 Å². The van der Waals surface area contributed by atoms with Gasteiger partial charge in [0.05, 0.1) is 5.69 Å². The maximum absolute atomic E-state index is 10.2. The number of rotatable bonds is 2. The van der Waals surface area contributed by atoms with Crippen LogP contribution in [0.5, 0.6) is 11.5 Å². The van der Waals surface area contributed by atoms with Crippen LogP contribution >= 0.6 is 0 Å². The predicted molar refractivity (Wildman–Crippen MR) is 44.7 cm³/mol. The third kappa shape index (κ3) is 2.80. The van der Waals surface area contributed by atoms with Gasteiger partial charge in [-0.1, -0.05) is 0 Å². The second-order valence-electron chi connectivity index (χ2n) is 2.23. The number of aromatic hydroxyl groups is 1. The summed E-state index contributed by atoms with van der Waals surface area (Å²) in [6.07, 6.45) is 0. The van der Waals surface area contributed by atoms with Crippen LogP contribution in [-0.2, 0) is 10.4 Å². The zero-order valence-electron chi connectivity index (χ0n) is 6.34. The summed E-state index contributed by atoms with van der Waals surface area (Å²) in [5.41, 5.74) is 5.32. The van der Waals surface area contributed by atoms with E-state index in [0.717, 1.165) is 6.07 Å². The second kappa shape index (κ2) is 3.11. The highest BCUT2D eigenvalue weighted by molar-refractivity contribution is 7.81. The van der Waals surface area contributed by atoms with Crippen molar-refractivity contribution in [3.8, 4) is 11.5 Å². The number of phenolic OH excluding ortho intramolecular Hbond substituents is 1. The molecule has 0 fully saturated rings. The molecule has 0 atom stereocenters. The van der Waals surface area contributed by atoms with E-state index in [1.54, 1.807) is 0 Å². The highest BCUT2D eigenvalue weighted by atomic mass is 32.3. The average Bonchev–Trinajstić information content (AvgIpc) is 1.94. The molecule has 0 aliphatic heterocycles. The van der Waals surface area contributed by atoms with Gasteiger partial charge in [0.1, 0.15) is 11.5 Å². The number of hydrogen-bond donors (Lipinski definition) is 3. The zero-order valence-corrected chi connectivity index (χ0v) is 7.15. The Hall–Kier alpha value is -1.47. The highest BCUT2D eigenvalue weighted by Crippen LogP contribution is 2.25. The maximum Gasteiger partial charge on any atom is 0.446 e. The van der Waals surface area contributed by atoms with Gasteiger partial charge in [0.2, 0.25) is 0 Å². The van der Waals surface area contributed by atoms with E-state index in [9.17, 15) is 8.42 Å². The van der Waals surface area contributed by atoms with E-state index >= 15 is 0 Å². The largest absolute Gasteiger partial charge is 0.506 e. The summed E-state index contributed by atoms with van der Waals surface area (Å²) in [5, 5.41) is 9.02. The third-order valence-corrected chi connectivity index (χ3v) is 1.61. The van der Waals surface area contributed by atoms with Crippen molar-refractivity contribution in [3.05, 3.63) is 18.2 Å². The van der Waals surface area contributed by atoms with Crippen molar-refractivity contribution in [2.45, 2.75) is 0 Å². The Bertz CT molecular complexity index is 413. The van der Waals surface area contributed by atoms with Gasteiger partial charge in [0.15, 0.2) is 0 Å². The van der Waals surface area contributed by atoms with Crippen LogP contribution in [0.3, 0.4) is 0 Å². The van der Waals surface area contributed by atoms with E-state index < -0.39 is 10.4 Å². The predicted octanol–water partition coefficient (Wildman–Crippen LogP) is 0.156. The molecule has 13 heavy (non-hydrogen) atoms. The van der Waals surface area contributed by atoms with Crippen LogP contribution in [0.2, 0.25) is 0 Å². The molecule has 0 aliphatic carbocycles. The van der Waals surface area contributed by atoms with Crippen LogP contribution in [-0.4, -0.2) is 18.1 Å². The van der Waals surface area contributed by atoms with Crippen LogP contribution < -0.4 is 9.92 Å². The van der Waals surface area contributed by atoms with Crippen LogP contribution in [0.25, 0.3) is 0 Å². The van der Waals surface area contributed by atoms with Crippen molar-refractivity contribution >= 4 is 16.1 Å².